The van der Waals surface area contributed by atoms with Gasteiger partial charge < -0.3 is 15.0 Å². The summed E-state index contributed by atoms with van der Waals surface area (Å²) in [5.41, 5.74) is 1.20. The number of aromatic amines is 1. The Bertz CT molecular complexity index is 1030. The fourth-order valence-electron chi connectivity index (χ4n) is 2.71. The topological polar surface area (TPSA) is 71.2 Å². The van der Waals surface area contributed by atoms with Crippen LogP contribution in [-0.4, -0.2) is 29.9 Å². The van der Waals surface area contributed by atoms with E-state index in [-0.39, 0.29) is 30.2 Å². The summed E-state index contributed by atoms with van der Waals surface area (Å²) in [5, 5.41) is 4.14. The molecule has 0 spiro atoms. The molecule has 1 aromatic heterocycles. The molecule has 0 aliphatic rings. The van der Waals surface area contributed by atoms with Crippen molar-refractivity contribution in [2.24, 2.45) is 0 Å². The van der Waals surface area contributed by atoms with Crippen LogP contribution in [-0.2, 0) is 4.74 Å². The van der Waals surface area contributed by atoms with E-state index in [0.29, 0.717) is 26.6 Å². The van der Waals surface area contributed by atoms with Gasteiger partial charge in [0.15, 0.2) is 5.78 Å². The summed E-state index contributed by atoms with van der Waals surface area (Å²) in [6, 6.07) is 8.53. The summed E-state index contributed by atoms with van der Waals surface area (Å²) < 4.78 is 18.4. The number of Topliss-reactive ketones (excluding diaryl/α,β-unsaturated/α-hetero) is 1. The van der Waals surface area contributed by atoms with Crippen LogP contribution in [0.4, 0.5) is 10.1 Å². The number of ether oxygens (including phenoxy) is 1. The van der Waals surface area contributed by atoms with Gasteiger partial charge in [0.2, 0.25) is 0 Å². The van der Waals surface area contributed by atoms with Crippen LogP contribution in [0.2, 0.25) is 10.0 Å². The van der Waals surface area contributed by atoms with Crippen molar-refractivity contribution in [1.82, 2.24) is 4.98 Å². The molecule has 140 valence electrons. The van der Waals surface area contributed by atoms with Gasteiger partial charge in [-0.25, -0.2) is 9.18 Å². The SMILES string of the molecule is CCOC(=O)c1[nH]c2cc(Cl)cc(Cl)c2c1NCC(=O)c1cccc(F)c1. The molecule has 0 fully saturated rings. The van der Waals surface area contributed by atoms with E-state index < -0.39 is 11.8 Å². The minimum atomic E-state index is -0.596. The fraction of sp³-hybridized carbons (Fsp3) is 0.158. The molecule has 27 heavy (non-hydrogen) atoms. The highest BCUT2D eigenvalue weighted by molar-refractivity contribution is 6.40. The quantitative estimate of drug-likeness (QED) is 0.440. The summed E-state index contributed by atoms with van der Waals surface area (Å²) in [7, 11) is 0. The molecule has 2 N–H and O–H groups in total. The van der Waals surface area contributed by atoms with E-state index in [1.54, 1.807) is 13.0 Å². The average Bonchev–Trinajstić information content (AvgIpc) is 2.98. The standard InChI is InChI=1S/C19H15Cl2FN2O3/c1-2-27-19(26)18-17(16-13(21)7-11(20)8-14(16)24-18)23-9-15(25)10-4-3-5-12(22)6-10/h3-8,23-24H,2,9H2,1H3. The van der Waals surface area contributed by atoms with E-state index in [1.807, 2.05) is 0 Å². The number of fused-ring (bicyclic) bond motifs is 1. The summed E-state index contributed by atoms with van der Waals surface area (Å²) in [6.45, 7) is 1.71. The van der Waals surface area contributed by atoms with Crippen LogP contribution in [0.5, 0.6) is 0 Å². The monoisotopic (exact) mass is 408 g/mol. The molecule has 0 radical (unpaired) electrons. The lowest BCUT2D eigenvalue weighted by molar-refractivity contribution is 0.0521. The third-order valence-corrected chi connectivity index (χ3v) is 4.38. The van der Waals surface area contributed by atoms with Gasteiger partial charge in [-0.15, -0.1) is 0 Å². The van der Waals surface area contributed by atoms with Crippen LogP contribution in [0.3, 0.4) is 0 Å². The van der Waals surface area contributed by atoms with Crippen molar-refractivity contribution in [1.29, 1.82) is 0 Å². The third kappa shape index (κ3) is 4.07. The highest BCUT2D eigenvalue weighted by atomic mass is 35.5. The van der Waals surface area contributed by atoms with Crippen LogP contribution in [0.25, 0.3) is 10.9 Å². The second kappa shape index (κ2) is 7.98. The summed E-state index contributed by atoms with van der Waals surface area (Å²) >= 11 is 12.3. The number of anilines is 1. The Labute approximate surface area is 164 Å². The number of benzene rings is 2. The summed E-state index contributed by atoms with van der Waals surface area (Å²) in [5.74, 6) is -1.44. The molecule has 3 aromatic rings. The second-order valence-electron chi connectivity index (χ2n) is 5.69. The molecule has 0 bridgehead atoms. The zero-order chi connectivity index (χ0) is 19.6. The molecule has 0 saturated heterocycles. The highest BCUT2D eigenvalue weighted by Gasteiger charge is 2.22. The summed E-state index contributed by atoms with van der Waals surface area (Å²) in [4.78, 5) is 27.6. The van der Waals surface area contributed by atoms with Crippen LogP contribution >= 0.6 is 23.2 Å². The van der Waals surface area contributed by atoms with Crippen molar-refractivity contribution in [3.63, 3.8) is 0 Å². The number of hydrogen-bond donors (Lipinski definition) is 2. The van der Waals surface area contributed by atoms with Gasteiger partial charge in [0.1, 0.15) is 11.5 Å². The maximum atomic E-state index is 13.3. The van der Waals surface area contributed by atoms with E-state index in [1.165, 1.54) is 24.3 Å². The molecule has 0 unspecified atom stereocenters. The van der Waals surface area contributed by atoms with Crippen molar-refractivity contribution in [2.75, 3.05) is 18.5 Å². The number of carbonyl (C=O) groups is 2. The van der Waals surface area contributed by atoms with Crippen LogP contribution in [0.15, 0.2) is 36.4 Å². The number of hydrogen-bond acceptors (Lipinski definition) is 4. The molecule has 5 nitrogen and oxygen atoms in total. The van der Waals surface area contributed by atoms with Crippen molar-refractivity contribution >= 4 is 51.5 Å². The van der Waals surface area contributed by atoms with E-state index in [0.717, 1.165) is 6.07 Å². The number of aromatic nitrogens is 1. The lowest BCUT2D eigenvalue weighted by atomic mass is 10.1. The Morgan fingerprint density at radius 2 is 2.00 bits per heavy atom. The number of esters is 1. The van der Waals surface area contributed by atoms with Crippen molar-refractivity contribution in [3.8, 4) is 0 Å². The largest absolute Gasteiger partial charge is 0.461 e. The Morgan fingerprint density at radius 1 is 1.22 bits per heavy atom. The molecule has 1 heterocycles. The highest BCUT2D eigenvalue weighted by Crippen LogP contribution is 2.36. The zero-order valence-electron chi connectivity index (χ0n) is 14.2. The van der Waals surface area contributed by atoms with Gasteiger partial charge in [0, 0.05) is 16.0 Å². The van der Waals surface area contributed by atoms with E-state index >= 15 is 0 Å². The molecule has 3 rings (SSSR count). The molecule has 0 amide bonds. The van der Waals surface area contributed by atoms with Crippen molar-refractivity contribution in [2.45, 2.75) is 6.92 Å². The van der Waals surface area contributed by atoms with E-state index in [4.69, 9.17) is 27.9 Å². The Hall–Kier alpha value is -2.57. The van der Waals surface area contributed by atoms with Gasteiger partial charge in [0.05, 0.1) is 29.4 Å². The number of ketones is 1. The minimum Gasteiger partial charge on any atom is -0.461 e. The number of rotatable bonds is 6. The maximum absolute atomic E-state index is 13.3. The molecule has 8 heteroatoms. The van der Waals surface area contributed by atoms with Crippen LogP contribution < -0.4 is 5.32 Å². The average molecular weight is 409 g/mol. The first-order chi connectivity index (χ1) is 12.9. The normalized spacial score (nSPS) is 10.8. The lowest BCUT2D eigenvalue weighted by Gasteiger charge is -2.09. The predicted molar refractivity (Wildman–Crippen MR) is 103 cm³/mol. The van der Waals surface area contributed by atoms with Gasteiger partial charge in [0.25, 0.3) is 0 Å². The molecular weight excluding hydrogens is 394 g/mol. The Balaban J connectivity index is 1.97. The second-order valence-corrected chi connectivity index (χ2v) is 6.54. The number of H-pyrrole nitrogens is 1. The molecule has 0 aliphatic heterocycles. The Morgan fingerprint density at radius 3 is 2.70 bits per heavy atom. The van der Waals surface area contributed by atoms with E-state index in [2.05, 4.69) is 10.3 Å². The minimum absolute atomic E-state index is 0.128. The molecule has 0 atom stereocenters. The molecule has 0 aliphatic carbocycles. The number of halogens is 3. The molecular formula is C19H15Cl2FN2O3. The number of carbonyl (C=O) groups excluding carboxylic acids is 2. The Kier molecular flexibility index (Phi) is 5.68. The first kappa shape index (κ1) is 19.2. The first-order valence-corrected chi connectivity index (χ1v) is 8.86. The lowest BCUT2D eigenvalue weighted by Crippen LogP contribution is -2.16. The third-order valence-electron chi connectivity index (χ3n) is 3.87. The molecule has 2 aromatic carbocycles. The van der Waals surface area contributed by atoms with Crippen molar-refractivity contribution in [3.05, 3.63) is 63.5 Å². The summed E-state index contributed by atoms with van der Waals surface area (Å²) in [6.07, 6.45) is 0. The van der Waals surface area contributed by atoms with Gasteiger partial charge >= 0.3 is 5.97 Å². The zero-order valence-corrected chi connectivity index (χ0v) is 15.7. The maximum Gasteiger partial charge on any atom is 0.356 e. The number of nitrogens with one attached hydrogen (secondary N) is 2. The van der Waals surface area contributed by atoms with Gasteiger partial charge in [-0.3, -0.25) is 4.79 Å². The fourth-order valence-corrected chi connectivity index (χ4v) is 3.30. The van der Waals surface area contributed by atoms with Gasteiger partial charge in [-0.2, -0.15) is 0 Å². The smallest absolute Gasteiger partial charge is 0.356 e. The van der Waals surface area contributed by atoms with Crippen LogP contribution in [0.1, 0.15) is 27.8 Å². The van der Waals surface area contributed by atoms with Gasteiger partial charge in [-0.1, -0.05) is 35.3 Å². The van der Waals surface area contributed by atoms with Gasteiger partial charge in [-0.05, 0) is 31.2 Å². The van der Waals surface area contributed by atoms with Crippen molar-refractivity contribution < 1.29 is 18.7 Å². The predicted octanol–water partition coefficient (Wildman–Crippen LogP) is 5.09. The van der Waals surface area contributed by atoms with E-state index in [9.17, 15) is 14.0 Å². The van der Waals surface area contributed by atoms with Crippen LogP contribution in [0, 0.1) is 5.82 Å². The molecule has 0 saturated carbocycles. The first-order valence-electron chi connectivity index (χ1n) is 8.11.